The molecule has 0 aromatic carbocycles. The summed E-state index contributed by atoms with van der Waals surface area (Å²) < 4.78 is 13.8. The molecule has 5 nitrogen and oxygen atoms in total. The minimum Gasteiger partial charge on any atom is -0.399 e. The van der Waals surface area contributed by atoms with Gasteiger partial charge in [0.2, 0.25) is 0 Å². The Labute approximate surface area is 113 Å². The third-order valence-electron chi connectivity index (χ3n) is 4.02. The number of rotatable bonds is 1. The normalized spacial score (nSPS) is 21.2. The van der Waals surface area contributed by atoms with Crippen LogP contribution >= 0.6 is 0 Å². The van der Waals surface area contributed by atoms with E-state index < -0.39 is 7.12 Å². The maximum atomic E-state index is 6.03. The number of aromatic nitrogens is 3. The Morgan fingerprint density at radius 3 is 2.37 bits per heavy atom. The van der Waals surface area contributed by atoms with E-state index in [1.54, 1.807) is 10.7 Å². The minimum absolute atomic E-state index is 0.351. The van der Waals surface area contributed by atoms with Crippen molar-refractivity contribution < 1.29 is 9.31 Å². The average Bonchev–Trinajstić information content (AvgIpc) is 2.77. The topological polar surface area (TPSA) is 48.7 Å². The second-order valence-electron chi connectivity index (χ2n) is 6.09. The fourth-order valence-electron chi connectivity index (χ4n) is 2.12. The standard InChI is InChI=1S/C13H18BN3O2/c1-9-6-15-11-10(7-16-17(11)8-9)14-18-12(2,3)13(4,5)19-14/h6-8H,1-5H3. The highest BCUT2D eigenvalue weighted by Gasteiger charge is 2.52. The molecule has 100 valence electrons. The van der Waals surface area contributed by atoms with Gasteiger partial charge in [-0.3, -0.25) is 0 Å². The van der Waals surface area contributed by atoms with Crippen molar-refractivity contribution in [1.82, 2.24) is 14.6 Å². The van der Waals surface area contributed by atoms with Crippen molar-refractivity contribution in [2.24, 2.45) is 0 Å². The van der Waals surface area contributed by atoms with Crippen molar-refractivity contribution in [3.8, 4) is 0 Å². The van der Waals surface area contributed by atoms with E-state index in [2.05, 4.69) is 10.1 Å². The third-order valence-corrected chi connectivity index (χ3v) is 4.02. The zero-order valence-corrected chi connectivity index (χ0v) is 12.0. The van der Waals surface area contributed by atoms with E-state index in [1.165, 1.54) is 0 Å². The van der Waals surface area contributed by atoms with Crippen LogP contribution in [0.2, 0.25) is 0 Å². The SMILES string of the molecule is Cc1cnc2c(B3OC(C)(C)C(C)(C)O3)cnn2c1. The molecule has 2 aromatic rings. The first kappa shape index (κ1) is 12.6. The fourth-order valence-corrected chi connectivity index (χ4v) is 2.12. The van der Waals surface area contributed by atoms with Gasteiger partial charge >= 0.3 is 7.12 Å². The summed E-state index contributed by atoms with van der Waals surface area (Å²) in [7, 11) is -0.419. The highest BCUT2D eigenvalue weighted by Crippen LogP contribution is 2.36. The molecule has 0 aliphatic carbocycles. The molecule has 0 radical (unpaired) electrons. The summed E-state index contributed by atoms with van der Waals surface area (Å²) in [4.78, 5) is 4.42. The molecule has 0 amide bonds. The Morgan fingerprint density at radius 1 is 1.11 bits per heavy atom. The van der Waals surface area contributed by atoms with Gasteiger partial charge in [0.1, 0.15) is 0 Å². The van der Waals surface area contributed by atoms with Gasteiger partial charge in [-0.05, 0) is 40.2 Å². The van der Waals surface area contributed by atoms with E-state index in [1.807, 2.05) is 47.0 Å². The lowest BCUT2D eigenvalue weighted by atomic mass is 9.81. The molecule has 19 heavy (non-hydrogen) atoms. The lowest BCUT2D eigenvalue weighted by molar-refractivity contribution is 0.00578. The van der Waals surface area contributed by atoms with Crippen molar-refractivity contribution in [3.63, 3.8) is 0 Å². The number of aryl methyl sites for hydroxylation is 1. The summed E-state index contributed by atoms with van der Waals surface area (Å²) in [5.74, 6) is 0. The summed E-state index contributed by atoms with van der Waals surface area (Å²) in [5, 5.41) is 4.31. The molecule has 3 rings (SSSR count). The lowest BCUT2D eigenvalue weighted by Gasteiger charge is -2.32. The molecule has 0 bridgehead atoms. The van der Waals surface area contributed by atoms with E-state index in [-0.39, 0.29) is 11.2 Å². The van der Waals surface area contributed by atoms with Crippen molar-refractivity contribution in [2.75, 3.05) is 0 Å². The average molecular weight is 259 g/mol. The van der Waals surface area contributed by atoms with Crippen LogP contribution in [0.25, 0.3) is 5.65 Å². The quantitative estimate of drug-likeness (QED) is 0.725. The summed E-state index contributed by atoms with van der Waals surface area (Å²) in [6.07, 6.45) is 5.53. The molecule has 3 heterocycles. The van der Waals surface area contributed by atoms with Crippen LogP contribution in [0.15, 0.2) is 18.6 Å². The second kappa shape index (κ2) is 3.80. The monoisotopic (exact) mass is 259 g/mol. The predicted molar refractivity (Wildman–Crippen MR) is 73.4 cm³/mol. The second-order valence-corrected chi connectivity index (χ2v) is 6.09. The van der Waals surface area contributed by atoms with Crippen molar-refractivity contribution in [1.29, 1.82) is 0 Å². The van der Waals surface area contributed by atoms with E-state index in [0.717, 1.165) is 16.7 Å². The maximum Gasteiger partial charge on any atom is 0.500 e. The van der Waals surface area contributed by atoms with E-state index in [4.69, 9.17) is 9.31 Å². The van der Waals surface area contributed by atoms with Crippen LogP contribution in [0.1, 0.15) is 33.3 Å². The maximum absolute atomic E-state index is 6.03. The first-order valence-corrected chi connectivity index (χ1v) is 6.46. The Balaban J connectivity index is 2.03. The first-order valence-electron chi connectivity index (χ1n) is 6.46. The van der Waals surface area contributed by atoms with E-state index in [0.29, 0.717) is 0 Å². The molecule has 1 saturated heterocycles. The molecule has 0 saturated carbocycles. The highest BCUT2D eigenvalue weighted by atomic mass is 16.7. The fraction of sp³-hybridized carbons (Fsp3) is 0.538. The molecule has 1 aliphatic rings. The van der Waals surface area contributed by atoms with Gasteiger partial charge in [0.15, 0.2) is 5.65 Å². The molecule has 1 aliphatic heterocycles. The molecule has 0 unspecified atom stereocenters. The van der Waals surface area contributed by atoms with Gasteiger partial charge in [0, 0.05) is 17.9 Å². The molecular weight excluding hydrogens is 241 g/mol. The molecule has 2 aromatic heterocycles. The van der Waals surface area contributed by atoms with Gasteiger partial charge < -0.3 is 9.31 Å². The Bertz CT molecular complexity index is 620. The zero-order chi connectivity index (χ0) is 13.8. The molecule has 0 N–H and O–H groups in total. The van der Waals surface area contributed by atoms with Crippen molar-refractivity contribution >= 4 is 18.2 Å². The van der Waals surface area contributed by atoms with E-state index in [9.17, 15) is 0 Å². The highest BCUT2D eigenvalue weighted by molar-refractivity contribution is 6.64. The number of hydrogen-bond donors (Lipinski definition) is 0. The summed E-state index contributed by atoms with van der Waals surface area (Å²) >= 11 is 0. The van der Waals surface area contributed by atoms with Crippen LogP contribution in [-0.2, 0) is 9.31 Å². The van der Waals surface area contributed by atoms with Crippen LogP contribution in [0.4, 0.5) is 0 Å². The summed E-state index contributed by atoms with van der Waals surface area (Å²) in [6, 6.07) is 0. The Morgan fingerprint density at radius 2 is 1.74 bits per heavy atom. The van der Waals surface area contributed by atoms with Gasteiger partial charge in [-0.2, -0.15) is 5.10 Å². The number of fused-ring (bicyclic) bond motifs is 1. The van der Waals surface area contributed by atoms with Crippen molar-refractivity contribution in [2.45, 2.75) is 45.8 Å². The minimum atomic E-state index is -0.419. The molecule has 0 spiro atoms. The van der Waals surface area contributed by atoms with Crippen LogP contribution in [0.3, 0.4) is 0 Å². The lowest BCUT2D eigenvalue weighted by Crippen LogP contribution is -2.41. The van der Waals surface area contributed by atoms with Crippen LogP contribution in [0.5, 0.6) is 0 Å². The summed E-state index contributed by atoms with van der Waals surface area (Å²) in [6.45, 7) is 10.1. The molecule has 0 atom stereocenters. The third kappa shape index (κ3) is 1.86. The van der Waals surface area contributed by atoms with Gasteiger partial charge in [-0.1, -0.05) is 0 Å². The largest absolute Gasteiger partial charge is 0.500 e. The smallest absolute Gasteiger partial charge is 0.399 e. The van der Waals surface area contributed by atoms with Gasteiger partial charge in [-0.15, -0.1) is 0 Å². The van der Waals surface area contributed by atoms with E-state index >= 15 is 0 Å². The number of nitrogens with zero attached hydrogens (tertiary/aromatic N) is 3. The Kier molecular flexibility index (Phi) is 2.53. The molecule has 1 fully saturated rings. The zero-order valence-electron chi connectivity index (χ0n) is 12.0. The van der Waals surface area contributed by atoms with Crippen LogP contribution in [0, 0.1) is 6.92 Å². The molecule has 6 heteroatoms. The van der Waals surface area contributed by atoms with Gasteiger partial charge in [-0.25, -0.2) is 9.50 Å². The van der Waals surface area contributed by atoms with Crippen LogP contribution < -0.4 is 5.46 Å². The van der Waals surface area contributed by atoms with Gasteiger partial charge in [0.25, 0.3) is 0 Å². The number of hydrogen-bond acceptors (Lipinski definition) is 4. The van der Waals surface area contributed by atoms with Crippen LogP contribution in [-0.4, -0.2) is 32.9 Å². The Hall–Kier alpha value is -1.40. The van der Waals surface area contributed by atoms with Gasteiger partial charge in [0.05, 0.1) is 17.4 Å². The predicted octanol–water partition coefficient (Wildman–Crippen LogP) is 1.34. The molecular formula is C13H18BN3O2. The first-order chi connectivity index (χ1) is 8.80. The van der Waals surface area contributed by atoms with Crippen molar-refractivity contribution in [3.05, 3.63) is 24.2 Å². The summed E-state index contributed by atoms with van der Waals surface area (Å²) in [5.41, 5.74) is 2.02.